The summed E-state index contributed by atoms with van der Waals surface area (Å²) in [5.74, 6) is 2.57. The maximum atomic E-state index is 5.82. The number of para-hydroxylation sites is 2. The Morgan fingerprint density at radius 3 is 2.28 bits per heavy atom. The zero-order valence-electron chi connectivity index (χ0n) is 14.7. The zero-order valence-corrected chi connectivity index (χ0v) is 14.7. The number of benzene rings is 1. The summed E-state index contributed by atoms with van der Waals surface area (Å²) in [5.41, 5.74) is 1.78. The number of piperazine rings is 1. The van der Waals surface area contributed by atoms with Gasteiger partial charge < -0.3 is 8.94 Å². The van der Waals surface area contributed by atoms with Crippen molar-refractivity contribution >= 4 is 11.1 Å². The fourth-order valence-corrected chi connectivity index (χ4v) is 3.04. The molecule has 7 nitrogen and oxygen atoms in total. The summed E-state index contributed by atoms with van der Waals surface area (Å²) in [6, 6.07) is 7.89. The number of hydrogen-bond acceptors (Lipinski definition) is 7. The number of hydrogen-bond donors (Lipinski definition) is 0. The first-order valence-corrected chi connectivity index (χ1v) is 8.79. The summed E-state index contributed by atoms with van der Waals surface area (Å²) in [4.78, 5) is 13.7. The van der Waals surface area contributed by atoms with Crippen molar-refractivity contribution in [1.82, 2.24) is 24.9 Å². The van der Waals surface area contributed by atoms with Gasteiger partial charge in [0.15, 0.2) is 11.4 Å². The third-order valence-electron chi connectivity index (χ3n) is 4.52. The third-order valence-corrected chi connectivity index (χ3v) is 4.52. The number of rotatable bonds is 5. The van der Waals surface area contributed by atoms with Gasteiger partial charge in [0.05, 0.1) is 13.1 Å². The van der Waals surface area contributed by atoms with E-state index in [1.807, 2.05) is 24.3 Å². The van der Waals surface area contributed by atoms with Crippen molar-refractivity contribution in [2.75, 3.05) is 26.2 Å². The molecule has 0 saturated carbocycles. The van der Waals surface area contributed by atoms with E-state index in [-0.39, 0.29) is 0 Å². The number of oxazole rings is 1. The fourth-order valence-electron chi connectivity index (χ4n) is 3.04. The van der Waals surface area contributed by atoms with Crippen LogP contribution in [0.3, 0.4) is 0 Å². The van der Waals surface area contributed by atoms with Gasteiger partial charge in [-0.05, 0) is 12.1 Å². The molecule has 1 saturated heterocycles. The van der Waals surface area contributed by atoms with Crippen molar-refractivity contribution in [3.63, 3.8) is 0 Å². The lowest BCUT2D eigenvalue weighted by molar-refractivity contribution is 0.106. The van der Waals surface area contributed by atoms with Crippen molar-refractivity contribution in [2.24, 2.45) is 0 Å². The summed E-state index contributed by atoms with van der Waals surface area (Å²) >= 11 is 0. The van der Waals surface area contributed by atoms with E-state index in [2.05, 4.69) is 38.8 Å². The van der Waals surface area contributed by atoms with Gasteiger partial charge in [-0.15, -0.1) is 0 Å². The zero-order chi connectivity index (χ0) is 17.2. The first-order chi connectivity index (χ1) is 12.2. The largest absolute Gasteiger partial charge is 0.439 e. The van der Waals surface area contributed by atoms with Crippen LogP contribution >= 0.6 is 0 Å². The molecule has 7 heteroatoms. The summed E-state index contributed by atoms with van der Waals surface area (Å²) < 4.78 is 11.2. The van der Waals surface area contributed by atoms with Crippen LogP contribution < -0.4 is 0 Å². The van der Waals surface area contributed by atoms with Crippen molar-refractivity contribution < 1.29 is 8.94 Å². The molecule has 0 spiro atoms. The second-order valence-corrected chi connectivity index (χ2v) is 6.83. The fraction of sp³-hybridized carbons (Fsp3) is 0.500. The van der Waals surface area contributed by atoms with Crippen LogP contribution in [0.2, 0.25) is 0 Å². The third kappa shape index (κ3) is 3.72. The molecule has 0 radical (unpaired) electrons. The van der Waals surface area contributed by atoms with Crippen molar-refractivity contribution in [3.8, 4) is 0 Å². The highest BCUT2D eigenvalue weighted by Crippen LogP contribution is 2.17. The van der Waals surface area contributed by atoms with Crippen LogP contribution in [0.5, 0.6) is 0 Å². The topological polar surface area (TPSA) is 71.4 Å². The molecule has 1 fully saturated rings. The Balaban J connectivity index is 1.30. The summed E-state index contributed by atoms with van der Waals surface area (Å²) in [7, 11) is 0. The van der Waals surface area contributed by atoms with E-state index in [9.17, 15) is 0 Å². The van der Waals surface area contributed by atoms with Gasteiger partial charge in [0.25, 0.3) is 0 Å². The second-order valence-electron chi connectivity index (χ2n) is 6.83. The standard InChI is InChI=1S/C18H23N5O2/c1-13(2)18-20-17(25-21-18)12-23-9-7-22(8-10-23)11-16-19-14-5-3-4-6-15(14)24-16/h3-6,13H,7-12H2,1-2H3. The van der Waals surface area contributed by atoms with Crippen LogP contribution in [-0.2, 0) is 13.1 Å². The SMILES string of the molecule is CC(C)c1noc(CN2CCN(Cc3nc4ccccc4o3)CC2)n1. The molecule has 3 aromatic rings. The average molecular weight is 341 g/mol. The van der Waals surface area contributed by atoms with Crippen molar-refractivity contribution in [1.29, 1.82) is 0 Å². The molecule has 132 valence electrons. The molecule has 0 N–H and O–H groups in total. The van der Waals surface area contributed by atoms with E-state index in [4.69, 9.17) is 8.94 Å². The van der Waals surface area contributed by atoms with Crippen LogP contribution in [0, 0.1) is 0 Å². The lowest BCUT2D eigenvalue weighted by Crippen LogP contribution is -2.45. The average Bonchev–Trinajstić information content (AvgIpc) is 3.23. The maximum absolute atomic E-state index is 5.82. The quantitative estimate of drug-likeness (QED) is 0.706. The molecule has 1 aliphatic heterocycles. The minimum atomic E-state index is 0.297. The highest BCUT2D eigenvalue weighted by Gasteiger charge is 2.21. The minimum absolute atomic E-state index is 0.297. The van der Waals surface area contributed by atoms with Crippen LogP contribution in [0.25, 0.3) is 11.1 Å². The molecular formula is C18H23N5O2. The second kappa shape index (κ2) is 6.93. The molecule has 0 amide bonds. The first kappa shape index (κ1) is 16.2. The van der Waals surface area contributed by atoms with Crippen molar-refractivity contribution in [2.45, 2.75) is 32.9 Å². The van der Waals surface area contributed by atoms with Gasteiger partial charge in [0.2, 0.25) is 11.8 Å². The number of nitrogens with zero attached hydrogens (tertiary/aromatic N) is 5. The van der Waals surface area contributed by atoms with E-state index in [0.717, 1.165) is 62.1 Å². The Morgan fingerprint density at radius 1 is 0.960 bits per heavy atom. The summed E-state index contributed by atoms with van der Waals surface area (Å²) in [6.07, 6.45) is 0. The van der Waals surface area contributed by atoms with Gasteiger partial charge in [0.1, 0.15) is 5.52 Å². The van der Waals surface area contributed by atoms with E-state index in [1.165, 1.54) is 0 Å². The molecular weight excluding hydrogens is 318 g/mol. The summed E-state index contributed by atoms with van der Waals surface area (Å²) in [6.45, 7) is 9.50. The van der Waals surface area contributed by atoms with Crippen LogP contribution in [-0.4, -0.2) is 51.1 Å². The van der Waals surface area contributed by atoms with Gasteiger partial charge in [-0.1, -0.05) is 31.1 Å². The van der Waals surface area contributed by atoms with Gasteiger partial charge in [-0.2, -0.15) is 4.98 Å². The molecule has 1 aliphatic rings. The number of fused-ring (bicyclic) bond motifs is 1. The van der Waals surface area contributed by atoms with E-state index >= 15 is 0 Å². The lowest BCUT2D eigenvalue weighted by Gasteiger charge is -2.33. The molecule has 0 atom stereocenters. The molecule has 0 bridgehead atoms. The van der Waals surface area contributed by atoms with Gasteiger partial charge in [-0.25, -0.2) is 4.98 Å². The normalized spacial score (nSPS) is 16.9. The Kier molecular flexibility index (Phi) is 4.50. The van der Waals surface area contributed by atoms with Gasteiger partial charge in [0, 0.05) is 32.1 Å². The Hall–Kier alpha value is -2.25. The molecule has 25 heavy (non-hydrogen) atoms. The predicted octanol–water partition coefficient (Wildman–Crippen LogP) is 2.65. The van der Waals surface area contributed by atoms with E-state index in [1.54, 1.807) is 0 Å². The highest BCUT2D eigenvalue weighted by molar-refractivity contribution is 5.72. The monoisotopic (exact) mass is 341 g/mol. The Labute approximate surface area is 146 Å². The predicted molar refractivity (Wildman–Crippen MR) is 93.0 cm³/mol. The minimum Gasteiger partial charge on any atom is -0.439 e. The van der Waals surface area contributed by atoms with Crippen LogP contribution in [0.4, 0.5) is 0 Å². The molecule has 0 unspecified atom stereocenters. The van der Waals surface area contributed by atoms with Crippen LogP contribution in [0.15, 0.2) is 33.2 Å². The first-order valence-electron chi connectivity index (χ1n) is 8.79. The van der Waals surface area contributed by atoms with Gasteiger partial charge >= 0.3 is 0 Å². The van der Waals surface area contributed by atoms with Crippen LogP contribution in [0.1, 0.15) is 37.4 Å². The molecule has 2 aromatic heterocycles. The van der Waals surface area contributed by atoms with Gasteiger partial charge in [-0.3, -0.25) is 9.80 Å². The van der Waals surface area contributed by atoms with E-state index < -0.39 is 0 Å². The smallest absolute Gasteiger partial charge is 0.240 e. The van der Waals surface area contributed by atoms with Crippen molar-refractivity contribution in [3.05, 3.63) is 41.9 Å². The Morgan fingerprint density at radius 2 is 1.64 bits per heavy atom. The van der Waals surface area contributed by atoms with E-state index in [0.29, 0.717) is 11.8 Å². The molecule has 0 aliphatic carbocycles. The molecule has 4 rings (SSSR count). The highest BCUT2D eigenvalue weighted by atomic mass is 16.5. The molecule has 3 heterocycles. The Bertz CT molecular complexity index is 800. The molecule has 1 aromatic carbocycles. The number of aromatic nitrogens is 3. The lowest BCUT2D eigenvalue weighted by atomic mass is 10.2. The maximum Gasteiger partial charge on any atom is 0.240 e. The summed E-state index contributed by atoms with van der Waals surface area (Å²) in [5, 5.41) is 4.03.